The van der Waals surface area contributed by atoms with E-state index in [1.54, 1.807) is 18.4 Å². The van der Waals surface area contributed by atoms with E-state index in [9.17, 15) is 0 Å². The molecular formula is C20H31IN4O2S. The van der Waals surface area contributed by atoms with Gasteiger partial charge in [-0.05, 0) is 32.4 Å². The Labute approximate surface area is 189 Å². The van der Waals surface area contributed by atoms with Gasteiger partial charge in [-0.15, -0.1) is 35.3 Å². The fourth-order valence-electron chi connectivity index (χ4n) is 2.50. The van der Waals surface area contributed by atoms with Gasteiger partial charge in [0.15, 0.2) is 5.96 Å². The summed E-state index contributed by atoms with van der Waals surface area (Å²) < 4.78 is 11.2. The highest BCUT2D eigenvalue weighted by Crippen LogP contribution is 2.20. The van der Waals surface area contributed by atoms with Crippen LogP contribution in [0.5, 0.6) is 5.75 Å². The Kier molecular flexibility index (Phi) is 12.1. The van der Waals surface area contributed by atoms with Crippen LogP contribution in [-0.2, 0) is 17.7 Å². The highest BCUT2D eigenvalue weighted by atomic mass is 127. The number of ether oxygens (including phenoxy) is 2. The number of thiazole rings is 1. The first-order valence-corrected chi connectivity index (χ1v) is 10.1. The van der Waals surface area contributed by atoms with E-state index in [0.717, 1.165) is 35.2 Å². The van der Waals surface area contributed by atoms with Crippen molar-refractivity contribution in [2.24, 2.45) is 4.99 Å². The van der Waals surface area contributed by atoms with Crippen LogP contribution in [0.4, 0.5) is 0 Å². The molecule has 1 heterocycles. The molecule has 6 nitrogen and oxygen atoms in total. The molecular weight excluding hydrogens is 487 g/mol. The number of hydrogen-bond donors (Lipinski definition) is 2. The van der Waals surface area contributed by atoms with Crippen molar-refractivity contribution in [2.45, 2.75) is 33.7 Å². The maximum atomic E-state index is 5.90. The Morgan fingerprint density at radius 2 is 2.04 bits per heavy atom. The number of nitrogens with one attached hydrogen (secondary N) is 2. The molecule has 0 fully saturated rings. The molecule has 28 heavy (non-hydrogen) atoms. The number of hydrogen-bond acceptors (Lipinski definition) is 5. The third-order valence-corrected chi connectivity index (χ3v) is 4.85. The molecule has 156 valence electrons. The van der Waals surface area contributed by atoms with E-state index in [0.29, 0.717) is 26.4 Å². The molecule has 2 aromatic rings. The fourth-order valence-corrected chi connectivity index (χ4v) is 3.29. The summed E-state index contributed by atoms with van der Waals surface area (Å²) >= 11 is 1.73. The average molecular weight is 518 g/mol. The zero-order valence-corrected chi connectivity index (χ0v) is 20.2. The SMILES string of the molecule is CCOCCOc1cc(C)ccc1CNC(=NC)NCCc1ncc(C)s1.I. The van der Waals surface area contributed by atoms with E-state index >= 15 is 0 Å². The summed E-state index contributed by atoms with van der Waals surface area (Å²) in [5.41, 5.74) is 2.27. The topological polar surface area (TPSA) is 67.8 Å². The highest BCUT2D eigenvalue weighted by Gasteiger charge is 2.06. The lowest BCUT2D eigenvalue weighted by molar-refractivity contribution is 0.110. The summed E-state index contributed by atoms with van der Waals surface area (Å²) in [4.78, 5) is 9.91. The number of benzene rings is 1. The van der Waals surface area contributed by atoms with Crippen LogP contribution in [0.15, 0.2) is 29.4 Å². The smallest absolute Gasteiger partial charge is 0.191 e. The monoisotopic (exact) mass is 518 g/mol. The Bertz CT molecular complexity index is 737. The highest BCUT2D eigenvalue weighted by molar-refractivity contribution is 14.0. The molecule has 0 aliphatic rings. The van der Waals surface area contributed by atoms with Crippen LogP contribution in [0.1, 0.15) is 27.9 Å². The van der Waals surface area contributed by atoms with Crippen molar-refractivity contribution in [3.8, 4) is 5.75 Å². The third kappa shape index (κ3) is 8.74. The number of aryl methyl sites for hydroxylation is 2. The van der Waals surface area contributed by atoms with E-state index in [4.69, 9.17) is 9.47 Å². The van der Waals surface area contributed by atoms with Crippen LogP contribution in [0, 0.1) is 13.8 Å². The second kappa shape index (κ2) is 13.7. The van der Waals surface area contributed by atoms with E-state index in [1.165, 1.54) is 10.4 Å². The molecule has 0 radical (unpaired) electrons. The predicted molar refractivity (Wildman–Crippen MR) is 127 cm³/mol. The lowest BCUT2D eigenvalue weighted by Crippen LogP contribution is -2.37. The van der Waals surface area contributed by atoms with Crippen LogP contribution in [-0.4, -0.2) is 44.4 Å². The van der Waals surface area contributed by atoms with Gasteiger partial charge in [0, 0.05) is 49.8 Å². The van der Waals surface area contributed by atoms with E-state index in [1.807, 2.05) is 13.1 Å². The van der Waals surface area contributed by atoms with Crippen molar-refractivity contribution in [1.82, 2.24) is 15.6 Å². The summed E-state index contributed by atoms with van der Waals surface area (Å²) in [5.74, 6) is 1.65. The van der Waals surface area contributed by atoms with Crippen molar-refractivity contribution in [1.29, 1.82) is 0 Å². The summed E-state index contributed by atoms with van der Waals surface area (Å²) in [6.07, 6.45) is 2.80. The van der Waals surface area contributed by atoms with Crippen LogP contribution in [0.3, 0.4) is 0 Å². The molecule has 1 aromatic heterocycles. The number of aromatic nitrogens is 1. The van der Waals surface area contributed by atoms with Gasteiger partial charge >= 0.3 is 0 Å². The lowest BCUT2D eigenvalue weighted by atomic mass is 10.1. The molecule has 0 bridgehead atoms. The number of aliphatic imine (C=N–C) groups is 1. The van der Waals surface area contributed by atoms with Gasteiger partial charge in [0.25, 0.3) is 0 Å². The zero-order valence-electron chi connectivity index (χ0n) is 17.1. The Balaban J connectivity index is 0.00000392. The normalized spacial score (nSPS) is 11.1. The van der Waals surface area contributed by atoms with Crippen molar-refractivity contribution >= 4 is 41.3 Å². The van der Waals surface area contributed by atoms with Crippen LogP contribution in [0.2, 0.25) is 0 Å². The largest absolute Gasteiger partial charge is 0.491 e. The Morgan fingerprint density at radius 3 is 2.71 bits per heavy atom. The molecule has 0 atom stereocenters. The third-order valence-electron chi connectivity index (χ3n) is 3.88. The minimum absolute atomic E-state index is 0. The van der Waals surface area contributed by atoms with Crippen molar-refractivity contribution < 1.29 is 9.47 Å². The van der Waals surface area contributed by atoms with Crippen LogP contribution < -0.4 is 15.4 Å². The molecule has 0 saturated carbocycles. The number of halogens is 1. The Morgan fingerprint density at radius 1 is 1.21 bits per heavy atom. The maximum absolute atomic E-state index is 5.90. The first-order chi connectivity index (χ1) is 13.1. The average Bonchev–Trinajstić information content (AvgIpc) is 3.08. The van der Waals surface area contributed by atoms with Crippen molar-refractivity contribution in [2.75, 3.05) is 33.4 Å². The van der Waals surface area contributed by atoms with Gasteiger partial charge in [-0.25, -0.2) is 4.98 Å². The van der Waals surface area contributed by atoms with Crippen molar-refractivity contribution in [3.63, 3.8) is 0 Å². The second-order valence-corrected chi connectivity index (χ2v) is 7.44. The van der Waals surface area contributed by atoms with Gasteiger partial charge in [0.2, 0.25) is 0 Å². The Hall–Kier alpha value is -1.39. The summed E-state index contributed by atoms with van der Waals surface area (Å²) in [7, 11) is 1.78. The molecule has 0 spiro atoms. The summed E-state index contributed by atoms with van der Waals surface area (Å²) in [6.45, 7) is 9.39. The maximum Gasteiger partial charge on any atom is 0.191 e. The summed E-state index contributed by atoms with van der Waals surface area (Å²) in [6, 6.07) is 6.24. The molecule has 0 saturated heterocycles. The standard InChI is InChI=1S/C20H30N4O2S.HI/c1-5-25-10-11-26-18-12-15(2)6-7-17(18)14-24-20(21-4)22-9-8-19-23-13-16(3)27-19;/h6-7,12-13H,5,8-11,14H2,1-4H3,(H2,21,22,24);1H. The first-order valence-electron chi connectivity index (χ1n) is 9.28. The predicted octanol–water partition coefficient (Wildman–Crippen LogP) is 3.70. The first kappa shape index (κ1) is 24.6. The second-order valence-electron chi connectivity index (χ2n) is 6.12. The van der Waals surface area contributed by atoms with Crippen LogP contribution >= 0.6 is 35.3 Å². The molecule has 0 unspecified atom stereocenters. The van der Waals surface area contributed by atoms with Gasteiger partial charge in [0.1, 0.15) is 12.4 Å². The van der Waals surface area contributed by atoms with E-state index < -0.39 is 0 Å². The van der Waals surface area contributed by atoms with Gasteiger partial charge in [-0.1, -0.05) is 12.1 Å². The van der Waals surface area contributed by atoms with Crippen LogP contribution in [0.25, 0.3) is 0 Å². The number of guanidine groups is 1. The van der Waals surface area contributed by atoms with Gasteiger partial charge < -0.3 is 20.1 Å². The number of rotatable bonds is 10. The molecule has 8 heteroatoms. The zero-order chi connectivity index (χ0) is 19.5. The van der Waals surface area contributed by atoms with E-state index in [2.05, 4.69) is 52.7 Å². The lowest BCUT2D eigenvalue weighted by Gasteiger charge is -2.15. The molecule has 0 aliphatic carbocycles. The van der Waals surface area contributed by atoms with Gasteiger partial charge in [0.05, 0.1) is 11.6 Å². The van der Waals surface area contributed by atoms with Gasteiger partial charge in [-0.3, -0.25) is 4.99 Å². The minimum Gasteiger partial charge on any atom is -0.491 e. The molecule has 2 N–H and O–H groups in total. The minimum atomic E-state index is 0. The molecule has 2 rings (SSSR count). The van der Waals surface area contributed by atoms with E-state index in [-0.39, 0.29) is 24.0 Å². The molecule has 1 aromatic carbocycles. The quantitative estimate of drug-likeness (QED) is 0.217. The fraction of sp³-hybridized carbons (Fsp3) is 0.500. The van der Waals surface area contributed by atoms with Gasteiger partial charge in [-0.2, -0.15) is 0 Å². The summed E-state index contributed by atoms with van der Waals surface area (Å²) in [5, 5.41) is 7.82. The number of nitrogens with zero attached hydrogens (tertiary/aromatic N) is 2. The molecule has 0 amide bonds. The molecule has 0 aliphatic heterocycles. The van der Waals surface area contributed by atoms with Crippen molar-refractivity contribution in [3.05, 3.63) is 45.4 Å².